The maximum atomic E-state index is 13.8. The molecule has 2 heterocycles. The topological polar surface area (TPSA) is 60.0 Å². The second-order valence-corrected chi connectivity index (χ2v) is 8.93. The fourth-order valence-electron chi connectivity index (χ4n) is 3.72. The molecule has 34 heavy (non-hydrogen) atoms. The Hall–Kier alpha value is -3.97. The summed E-state index contributed by atoms with van der Waals surface area (Å²) in [4.78, 5) is 4.03. The first-order valence-electron chi connectivity index (χ1n) is 10.7. The van der Waals surface area contributed by atoms with Crippen LogP contribution in [0.25, 0.3) is 32.7 Å². The highest BCUT2D eigenvalue weighted by molar-refractivity contribution is 7.22. The molecule has 0 aliphatic rings. The monoisotopic (exact) mass is 471 g/mol. The van der Waals surface area contributed by atoms with Crippen molar-refractivity contribution in [1.82, 2.24) is 15.2 Å². The van der Waals surface area contributed by atoms with Crippen molar-refractivity contribution in [3.05, 3.63) is 89.3 Å². The fraction of sp³-hybridized carbons (Fsp3) is 0.111. The van der Waals surface area contributed by atoms with Crippen LogP contribution in [0, 0.1) is 19.7 Å². The second-order valence-electron chi connectivity index (χ2n) is 7.88. The molecular weight excluding hydrogens is 449 g/mol. The number of hydrogen-bond donors (Lipinski definition) is 1. The Morgan fingerprint density at radius 3 is 2.41 bits per heavy atom. The molecular formula is C27H22FN3O2S. The van der Waals surface area contributed by atoms with Crippen LogP contribution in [0.3, 0.4) is 0 Å². The predicted molar refractivity (Wildman–Crippen MR) is 135 cm³/mol. The Balaban J connectivity index is 1.50. The number of aromatic amines is 1. The van der Waals surface area contributed by atoms with Gasteiger partial charge in [-0.1, -0.05) is 24.3 Å². The molecule has 5 nitrogen and oxygen atoms in total. The van der Waals surface area contributed by atoms with Crippen molar-refractivity contribution >= 4 is 33.6 Å². The van der Waals surface area contributed by atoms with Gasteiger partial charge < -0.3 is 14.5 Å². The minimum absolute atomic E-state index is 0.254. The van der Waals surface area contributed by atoms with E-state index in [1.807, 2.05) is 68.5 Å². The van der Waals surface area contributed by atoms with Crippen LogP contribution in [0.15, 0.2) is 60.7 Å². The average molecular weight is 472 g/mol. The van der Waals surface area contributed by atoms with Crippen molar-refractivity contribution in [1.29, 1.82) is 0 Å². The SMILES string of the molecule is COc1ccc2c(Oc3ccc(C=Cc4nnc(C)[nH]4)cc3)c(-c3ccc(F)cc3C)sc2c1. The van der Waals surface area contributed by atoms with Crippen molar-refractivity contribution in [2.24, 2.45) is 0 Å². The highest BCUT2D eigenvalue weighted by Crippen LogP contribution is 2.48. The Labute approximate surface area is 200 Å². The van der Waals surface area contributed by atoms with Crippen molar-refractivity contribution in [2.75, 3.05) is 7.11 Å². The first kappa shape index (κ1) is 21.9. The molecule has 0 aliphatic heterocycles. The molecule has 0 fully saturated rings. The molecule has 1 N–H and O–H groups in total. The highest BCUT2D eigenvalue weighted by Gasteiger charge is 2.18. The van der Waals surface area contributed by atoms with Gasteiger partial charge in [0.05, 0.1) is 12.0 Å². The molecule has 0 spiro atoms. The van der Waals surface area contributed by atoms with Gasteiger partial charge in [-0.2, -0.15) is 0 Å². The smallest absolute Gasteiger partial charge is 0.154 e. The van der Waals surface area contributed by atoms with E-state index >= 15 is 0 Å². The van der Waals surface area contributed by atoms with Gasteiger partial charge in [0.2, 0.25) is 0 Å². The van der Waals surface area contributed by atoms with Gasteiger partial charge in [-0.3, -0.25) is 0 Å². The van der Waals surface area contributed by atoms with Crippen LogP contribution < -0.4 is 9.47 Å². The molecule has 0 atom stereocenters. The number of rotatable bonds is 6. The fourth-order valence-corrected chi connectivity index (χ4v) is 4.97. The summed E-state index contributed by atoms with van der Waals surface area (Å²) < 4.78 is 26.6. The van der Waals surface area contributed by atoms with Crippen LogP contribution in [0.1, 0.15) is 22.8 Å². The number of fused-ring (bicyclic) bond motifs is 1. The molecule has 0 saturated carbocycles. The third-order valence-electron chi connectivity index (χ3n) is 5.44. The molecule has 0 aliphatic carbocycles. The first-order chi connectivity index (χ1) is 16.5. The lowest BCUT2D eigenvalue weighted by atomic mass is 10.1. The Morgan fingerprint density at radius 2 is 1.71 bits per heavy atom. The number of nitrogens with one attached hydrogen (secondary N) is 1. The van der Waals surface area contributed by atoms with Gasteiger partial charge in [0.15, 0.2) is 11.6 Å². The van der Waals surface area contributed by atoms with Crippen LogP contribution in [-0.2, 0) is 0 Å². The van der Waals surface area contributed by atoms with E-state index in [1.165, 1.54) is 6.07 Å². The van der Waals surface area contributed by atoms with E-state index in [0.29, 0.717) is 11.6 Å². The van der Waals surface area contributed by atoms with E-state index in [1.54, 1.807) is 30.6 Å². The lowest BCUT2D eigenvalue weighted by Gasteiger charge is -2.10. The van der Waals surface area contributed by atoms with Crippen molar-refractivity contribution < 1.29 is 13.9 Å². The summed E-state index contributed by atoms with van der Waals surface area (Å²) in [7, 11) is 1.65. The molecule has 0 radical (unpaired) electrons. The Morgan fingerprint density at radius 1 is 0.912 bits per heavy atom. The van der Waals surface area contributed by atoms with Crippen LogP contribution in [-0.4, -0.2) is 22.3 Å². The molecule has 0 bridgehead atoms. The minimum atomic E-state index is -0.254. The predicted octanol–water partition coefficient (Wildman–Crippen LogP) is 7.41. The third-order valence-corrected chi connectivity index (χ3v) is 6.60. The van der Waals surface area contributed by atoms with Crippen molar-refractivity contribution in [3.63, 3.8) is 0 Å². The number of nitrogens with zero attached hydrogens (tertiary/aromatic N) is 2. The summed E-state index contributed by atoms with van der Waals surface area (Å²) in [5.41, 5.74) is 2.81. The van der Waals surface area contributed by atoms with Gasteiger partial charge in [-0.15, -0.1) is 21.5 Å². The van der Waals surface area contributed by atoms with Gasteiger partial charge in [-0.25, -0.2) is 4.39 Å². The lowest BCUT2D eigenvalue weighted by Crippen LogP contribution is -1.88. The van der Waals surface area contributed by atoms with Gasteiger partial charge in [0, 0.05) is 10.1 Å². The third kappa shape index (κ3) is 4.43. The summed E-state index contributed by atoms with van der Waals surface area (Å²) in [6, 6.07) is 18.6. The molecule has 5 aromatic rings. The maximum Gasteiger partial charge on any atom is 0.154 e. The summed E-state index contributed by atoms with van der Waals surface area (Å²) in [5.74, 6) is 3.46. The minimum Gasteiger partial charge on any atom is -0.497 e. The summed E-state index contributed by atoms with van der Waals surface area (Å²) in [6.45, 7) is 3.77. The molecule has 3 aromatic carbocycles. The molecule has 0 amide bonds. The van der Waals surface area contributed by atoms with Crippen molar-refractivity contribution in [2.45, 2.75) is 13.8 Å². The quantitative estimate of drug-likeness (QED) is 0.280. The van der Waals surface area contributed by atoms with E-state index in [-0.39, 0.29) is 5.82 Å². The molecule has 170 valence electrons. The number of aromatic nitrogens is 3. The molecule has 0 saturated heterocycles. The number of aryl methyl sites for hydroxylation is 2. The normalized spacial score (nSPS) is 11.4. The summed E-state index contributed by atoms with van der Waals surface area (Å²) >= 11 is 1.60. The maximum absolute atomic E-state index is 13.8. The van der Waals surface area contributed by atoms with Crippen molar-refractivity contribution in [3.8, 4) is 27.7 Å². The standard InChI is InChI=1S/C27H22FN3O2S/c1-16-14-19(28)7-11-22(16)27-26(23-12-10-21(32-3)15-24(23)34-27)33-20-8-4-18(5-9-20)6-13-25-29-17(2)30-31-25/h4-15H,1-3H3,(H,29,30,31). The Kier molecular flexibility index (Phi) is 5.86. The summed E-state index contributed by atoms with van der Waals surface area (Å²) in [6.07, 6.45) is 3.84. The van der Waals surface area contributed by atoms with E-state index in [9.17, 15) is 4.39 Å². The Bertz CT molecular complexity index is 1500. The number of H-pyrrole nitrogens is 1. The summed E-state index contributed by atoms with van der Waals surface area (Å²) in [5, 5.41) is 8.98. The zero-order valence-electron chi connectivity index (χ0n) is 18.9. The van der Waals surface area contributed by atoms with Gasteiger partial charge in [-0.05, 0) is 79.1 Å². The lowest BCUT2D eigenvalue weighted by molar-refractivity contribution is 0.415. The largest absolute Gasteiger partial charge is 0.497 e. The molecule has 7 heteroatoms. The number of thiophene rings is 1. The van der Waals surface area contributed by atoms with Gasteiger partial charge >= 0.3 is 0 Å². The number of benzene rings is 3. The zero-order chi connectivity index (χ0) is 23.7. The second kappa shape index (κ2) is 9.11. The molecule has 5 rings (SSSR count). The first-order valence-corrected chi connectivity index (χ1v) is 11.5. The zero-order valence-corrected chi connectivity index (χ0v) is 19.7. The average Bonchev–Trinajstić information content (AvgIpc) is 3.41. The number of methoxy groups -OCH3 is 1. The van der Waals surface area contributed by atoms with Crippen LogP contribution in [0.5, 0.6) is 17.2 Å². The number of ether oxygens (including phenoxy) is 2. The van der Waals surface area contributed by atoms with E-state index < -0.39 is 0 Å². The molecule has 2 aromatic heterocycles. The number of hydrogen-bond acceptors (Lipinski definition) is 5. The van der Waals surface area contributed by atoms with Gasteiger partial charge in [0.25, 0.3) is 0 Å². The van der Waals surface area contributed by atoms with Crippen LogP contribution in [0.4, 0.5) is 4.39 Å². The highest BCUT2D eigenvalue weighted by atomic mass is 32.1. The van der Waals surface area contributed by atoms with E-state index in [4.69, 9.17) is 9.47 Å². The molecule has 0 unspecified atom stereocenters. The van der Waals surface area contributed by atoms with E-state index in [0.717, 1.165) is 49.0 Å². The van der Waals surface area contributed by atoms with Crippen LogP contribution >= 0.6 is 11.3 Å². The van der Waals surface area contributed by atoms with Gasteiger partial charge in [0.1, 0.15) is 23.1 Å². The van der Waals surface area contributed by atoms with Crippen LogP contribution in [0.2, 0.25) is 0 Å². The van der Waals surface area contributed by atoms with E-state index in [2.05, 4.69) is 15.2 Å². The number of halogens is 1.